The number of rotatable bonds is 0. The first-order chi connectivity index (χ1) is 14.4. The van der Waals surface area contributed by atoms with Crippen LogP contribution in [0.5, 0.6) is 0 Å². The fraction of sp³-hybridized carbons (Fsp3) is 0.607. The molecule has 0 amide bonds. The molecule has 0 aromatic carbocycles. The molecular formula is C28H36O3. The summed E-state index contributed by atoms with van der Waals surface area (Å²) in [4.78, 5) is 12.5. The average molecular weight is 421 g/mol. The fourth-order valence-electron chi connectivity index (χ4n) is 8.15. The number of carbonyl (C=O) groups is 1. The molecule has 0 aromatic rings. The molecule has 2 N–H and O–H groups in total. The third-order valence-corrected chi connectivity index (χ3v) is 9.79. The van der Waals surface area contributed by atoms with Gasteiger partial charge in [-0.1, -0.05) is 45.4 Å². The molecule has 0 heterocycles. The molecule has 166 valence electrons. The number of aliphatic hydroxyl groups is 2. The van der Waals surface area contributed by atoms with E-state index in [9.17, 15) is 15.0 Å². The minimum absolute atomic E-state index is 0.0917. The van der Waals surface area contributed by atoms with E-state index in [1.165, 1.54) is 16.7 Å². The van der Waals surface area contributed by atoms with Crippen LogP contribution in [-0.4, -0.2) is 22.1 Å². The molecule has 5 aliphatic rings. The molecule has 31 heavy (non-hydrogen) atoms. The van der Waals surface area contributed by atoms with E-state index in [0.717, 1.165) is 43.3 Å². The summed E-state index contributed by atoms with van der Waals surface area (Å²) in [5, 5.41) is 20.9. The molecular weight excluding hydrogens is 384 g/mol. The van der Waals surface area contributed by atoms with Crippen LogP contribution in [-0.2, 0) is 4.79 Å². The zero-order chi connectivity index (χ0) is 22.5. The number of aliphatic hydroxyl groups excluding tert-OH is 2. The lowest BCUT2D eigenvalue weighted by Crippen LogP contribution is -2.54. The summed E-state index contributed by atoms with van der Waals surface area (Å²) in [7, 11) is 0. The molecule has 0 radical (unpaired) electrons. The molecule has 0 aromatic heterocycles. The third kappa shape index (κ3) is 2.59. The maximum absolute atomic E-state index is 12.5. The maximum atomic E-state index is 12.5. The van der Waals surface area contributed by atoms with Crippen molar-refractivity contribution >= 4 is 5.78 Å². The average Bonchev–Trinajstić information content (AvgIpc) is 2.69. The quantitative estimate of drug-likeness (QED) is 0.495. The summed E-state index contributed by atoms with van der Waals surface area (Å²) >= 11 is 0. The monoisotopic (exact) mass is 420 g/mol. The van der Waals surface area contributed by atoms with Gasteiger partial charge < -0.3 is 10.2 Å². The molecule has 0 spiro atoms. The van der Waals surface area contributed by atoms with E-state index < -0.39 is 0 Å². The standard InChI is InChI=1S/C28H36O3/c1-15-11-23-26(4,14-22(15)30)13-16(2)24-19-8-7-18-17(3)25(31)21(29)12-20(18)27(19,5)9-10-28(23,24)6/h7-8,12,15,22-23,30-31H,9-11,13-14H2,1-6H3. The molecule has 5 aliphatic carbocycles. The predicted octanol–water partition coefficient (Wildman–Crippen LogP) is 6.13. The van der Waals surface area contributed by atoms with Gasteiger partial charge in [-0.15, -0.1) is 0 Å². The number of allylic oxidation sites excluding steroid dienone is 9. The Labute approximate surface area is 186 Å². The number of carbonyl (C=O) groups excluding carboxylic acids is 1. The third-order valence-electron chi connectivity index (χ3n) is 9.79. The second-order valence-electron chi connectivity index (χ2n) is 11.8. The van der Waals surface area contributed by atoms with Crippen LogP contribution in [0.2, 0.25) is 0 Å². The highest BCUT2D eigenvalue weighted by Gasteiger charge is 2.59. The van der Waals surface area contributed by atoms with Crippen LogP contribution in [0.25, 0.3) is 0 Å². The summed E-state index contributed by atoms with van der Waals surface area (Å²) in [6.07, 6.45) is 11.0. The molecule has 6 atom stereocenters. The van der Waals surface area contributed by atoms with Crippen LogP contribution in [0.1, 0.15) is 73.6 Å². The Balaban J connectivity index is 1.69. The largest absolute Gasteiger partial charge is 0.504 e. The zero-order valence-electron chi connectivity index (χ0n) is 19.8. The smallest absolute Gasteiger partial charge is 0.220 e. The summed E-state index contributed by atoms with van der Waals surface area (Å²) in [6, 6.07) is 0. The molecule has 6 unspecified atom stereocenters. The SMILES string of the molecule is CC1=C2C3=CC=C4C(=CC(=O)C(O)=C4C)C3(C)CCC2(C)C2CC(C)C(O)CC2(C)C1. The number of hydrogen-bond acceptors (Lipinski definition) is 3. The van der Waals surface area contributed by atoms with Crippen molar-refractivity contribution < 1.29 is 15.0 Å². The van der Waals surface area contributed by atoms with Crippen molar-refractivity contribution in [2.75, 3.05) is 0 Å². The Bertz CT molecular complexity index is 1050. The van der Waals surface area contributed by atoms with Crippen LogP contribution in [0, 0.1) is 28.1 Å². The molecule has 0 aliphatic heterocycles. The van der Waals surface area contributed by atoms with Crippen LogP contribution < -0.4 is 0 Å². The highest BCUT2D eigenvalue weighted by molar-refractivity contribution is 6.06. The van der Waals surface area contributed by atoms with E-state index in [1.54, 1.807) is 6.08 Å². The predicted molar refractivity (Wildman–Crippen MR) is 123 cm³/mol. The van der Waals surface area contributed by atoms with Crippen molar-refractivity contribution in [3.63, 3.8) is 0 Å². The van der Waals surface area contributed by atoms with Crippen LogP contribution >= 0.6 is 0 Å². The van der Waals surface area contributed by atoms with Crippen molar-refractivity contribution in [2.45, 2.75) is 79.8 Å². The molecule has 0 saturated heterocycles. The lowest BCUT2D eigenvalue weighted by molar-refractivity contribution is -0.113. The normalized spacial score (nSPS) is 44.5. The Morgan fingerprint density at radius 3 is 2.48 bits per heavy atom. The summed E-state index contributed by atoms with van der Waals surface area (Å²) in [5.74, 6) is 0.511. The van der Waals surface area contributed by atoms with E-state index in [0.29, 0.717) is 17.4 Å². The minimum Gasteiger partial charge on any atom is -0.504 e. The number of fused-ring (bicyclic) bond motifs is 7. The summed E-state index contributed by atoms with van der Waals surface area (Å²) < 4.78 is 0. The molecule has 0 bridgehead atoms. The van der Waals surface area contributed by atoms with Gasteiger partial charge >= 0.3 is 0 Å². The molecule has 2 saturated carbocycles. The van der Waals surface area contributed by atoms with Gasteiger partial charge in [0.15, 0.2) is 5.76 Å². The van der Waals surface area contributed by atoms with Crippen molar-refractivity contribution in [3.8, 4) is 0 Å². The second kappa shape index (κ2) is 6.34. The second-order valence-corrected chi connectivity index (χ2v) is 11.8. The first-order valence-electron chi connectivity index (χ1n) is 11.9. The fourth-order valence-corrected chi connectivity index (χ4v) is 8.15. The van der Waals surface area contributed by atoms with Gasteiger partial charge in [0.25, 0.3) is 0 Å². The minimum atomic E-state index is -0.266. The maximum Gasteiger partial charge on any atom is 0.220 e. The molecule has 2 fully saturated rings. The Kier molecular flexibility index (Phi) is 4.30. The first-order valence-corrected chi connectivity index (χ1v) is 11.9. The van der Waals surface area contributed by atoms with Gasteiger partial charge in [-0.25, -0.2) is 0 Å². The molecule has 3 heteroatoms. The van der Waals surface area contributed by atoms with Crippen LogP contribution in [0.15, 0.2) is 57.4 Å². The topological polar surface area (TPSA) is 57.5 Å². The van der Waals surface area contributed by atoms with Crippen molar-refractivity contribution in [2.24, 2.45) is 28.1 Å². The van der Waals surface area contributed by atoms with Gasteiger partial charge in [-0.05, 0) is 97.0 Å². The summed E-state index contributed by atoms with van der Waals surface area (Å²) in [5.41, 5.74) is 7.15. The first kappa shape index (κ1) is 21.0. The Morgan fingerprint density at radius 2 is 1.77 bits per heavy atom. The van der Waals surface area contributed by atoms with Crippen molar-refractivity contribution in [1.29, 1.82) is 0 Å². The number of ketones is 1. The highest BCUT2D eigenvalue weighted by Crippen LogP contribution is 2.69. The van der Waals surface area contributed by atoms with E-state index >= 15 is 0 Å². The lowest BCUT2D eigenvalue weighted by Gasteiger charge is -2.62. The Morgan fingerprint density at radius 1 is 1.06 bits per heavy atom. The molecule has 3 nitrogen and oxygen atoms in total. The van der Waals surface area contributed by atoms with E-state index in [2.05, 4.69) is 46.8 Å². The summed E-state index contributed by atoms with van der Waals surface area (Å²) in [6.45, 7) is 13.5. The van der Waals surface area contributed by atoms with Gasteiger partial charge in [0.2, 0.25) is 5.78 Å². The van der Waals surface area contributed by atoms with Crippen LogP contribution in [0.3, 0.4) is 0 Å². The van der Waals surface area contributed by atoms with E-state index in [4.69, 9.17) is 0 Å². The van der Waals surface area contributed by atoms with Gasteiger partial charge in [0, 0.05) is 11.0 Å². The number of hydrogen-bond donors (Lipinski definition) is 2. The Hall–Kier alpha value is -1.87. The van der Waals surface area contributed by atoms with Gasteiger partial charge in [-0.2, -0.15) is 0 Å². The van der Waals surface area contributed by atoms with Crippen molar-refractivity contribution in [1.82, 2.24) is 0 Å². The molecule has 5 rings (SSSR count). The van der Waals surface area contributed by atoms with Crippen molar-refractivity contribution in [3.05, 3.63) is 57.4 Å². The van der Waals surface area contributed by atoms with E-state index in [1.807, 2.05) is 6.92 Å². The highest BCUT2D eigenvalue weighted by atomic mass is 16.3. The zero-order valence-corrected chi connectivity index (χ0v) is 19.8. The van der Waals surface area contributed by atoms with Gasteiger partial charge in [0.05, 0.1) is 6.10 Å². The van der Waals surface area contributed by atoms with Gasteiger partial charge in [-0.3, -0.25) is 4.79 Å². The lowest BCUT2D eigenvalue weighted by atomic mass is 9.42. The van der Waals surface area contributed by atoms with Crippen LogP contribution in [0.4, 0.5) is 0 Å². The van der Waals surface area contributed by atoms with E-state index in [-0.39, 0.29) is 33.9 Å². The van der Waals surface area contributed by atoms with Gasteiger partial charge in [0.1, 0.15) is 0 Å².